The van der Waals surface area contributed by atoms with E-state index in [1.807, 2.05) is 6.20 Å². The van der Waals surface area contributed by atoms with Gasteiger partial charge < -0.3 is 5.32 Å². The molecule has 1 fully saturated rings. The number of pyridine rings is 1. The Morgan fingerprint density at radius 3 is 2.56 bits per heavy atom. The van der Waals surface area contributed by atoms with Crippen molar-refractivity contribution in [2.24, 2.45) is 5.41 Å². The minimum absolute atomic E-state index is 0.458. The molecule has 2 rings (SSSR count). The average Bonchev–Trinajstić information content (AvgIpc) is 2.84. The summed E-state index contributed by atoms with van der Waals surface area (Å²) in [5.74, 6) is 0. The molecule has 1 aromatic heterocycles. The fourth-order valence-corrected chi connectivity index (χ4v) is 3.22. The van der Waals surface area contributed by atoms with Crippen molar-refractivity contribution in [2.45, 2.75) is 58.4 Å². The van der Waals surface area contributed by atoms with E-state index in [1.54, 1.807) is 0 Å². The molecule has 2 nitrogen and oxygen atoms in total. The van der Waals surface area contributed by atoms with Crippen LogP contribution in [0.3, 0.4) is 0 Å². The summed E-state index contributed by atoms with van der Waals surface area (Å²) in [7, 11) is 2.09. The van der Waals surface area contributed by atoms with Gasteiger partial charge in [-0.15, -0.1) is 0 Å². The van der Waals surface area contributed by atoms with E-state index in [0.29, 0.717) is 11.5 Å². The maximum absolute atomic E-state index is 4.60. The lowest BCUT2D eigenvalue weighted by molar-refractivity contribution is 0.228. The second-order valence-electron chi connectivity index (χ2n) is 5.92. The Labute approximate surface area is 111 Å². The maximum Gasteiger partial charge on any atom is 0.0419 e. The van der Waals surface area contributed by atoms with E-state index in [4.69, 9.17) is 0 Å². The smallest absolute Gasteiger partial charge is 0.0419 e. The first-order valence-electron chi connectivity index (χ1n) is 7.29. The molecule has 1 heterocycles. The molecule has 1 aliphatic rings. The molecule has 0 spiro atoms. The topological polar surface area (TPSA) is 24.9 Å². The molecular weight excluding hydrogens is 220 g/mol. The van der Waals surface area contributed by atoms with Crippen LogP contribution in [0.4, 0.5) is 0 Å². The highest BCUT2D eigenvalue weighted by Gasteiger charge is 2.36. The van der Waals surface area contributed by atoms with Gasteiger partial charge in [-0.1, -0.05) is 32.8 Å². The lowest BCUT2D eigenvalue weighted by Crippen LogP contribution is -2.42. The fraction of sp³-hybridized carbons (Fsp3) is 0.688. The Bertz CT molecular complexity index is 363. The van der Waals surface area contributed by atoms with Crippen LogP contribution >= 0.6 is 0 Å². The van der Waals surface area contributed by atoms with E-state index in [9.17, 15) is 0 Å². The summed E-state index contributed by atoms with van der Waals surface area (Å²) in [6.45, 7) is 4.61. The van der Waals surface area contributed by atoms with Gasteiger partial charge in [0.05, 0.1) is 0 Å². The molecule has 0 aliphatic heterocycles. The molecule has 0 bridgehead atoms. The normalized spacial score (nSPS) is 19.9. The third kappa shape index (κ3) is 2.92. The Morgan fingerprint density at radius 2 is 2.06 bits per heavy atom. The van der Waals surface area contributed by atoms with Gasteiger partial charge in [-0.3, -0.25) is 4.98 Å². The summed E-state index contributed by atoms with van der Waals surface area (Å²) in [4.78, 5) is 4.60. The van der Waals surface area contributed by atoms with Crippen LogP contribution in [-0.2, 0) is 12.8 Å². The van der Waals surface area contributed by atoms with E-state index in [2.05, 4.69) is 43.3 Å². The minimum atomic E-state index is 0.458. The van der Waals surface area contributed by atoms with Crippen molar-refractivity contribution >= 4 is 0 Å². The van der Waals surface area contributed by atoms with Crippen LogP contribution in [0.5, 0.6) is 0 Å². The minimum Gasteiger partial charge on any atom is -0.316 e. The first-order valence-corrected chi connectivity index (χ1v) is 7.29. The van der Waals surface area contributed by atoms with Crippen LogP contribution in [0.15, 0.2) is 18.3 Å². The molecule has 1 unspecified atom stereocenters. The lowest BCUT2D eigenvalue weighted by atomic mass is 9.78. The highest BCUT2D eigenvalue weighted by atomic mass is 14.9. The van der Waals surface area contributed by atoms with E-state index in [1.165, 1.54) is 36.9 Å². The van der Waals surface area contributed by atoms with E-state index in [0.717, 1.165) is 12.8 Å². The van der Waals surface area contributed by atoms with Crippen molar-refractivity contribution in [3.63, 3.8) is 0 Å². The molecular formula is C16H26N2. The molecule has 1 N–H and O–H groups in total. The van der Waals surface area contributed by atoms with Gasteiger partial charge in [-0.2, -0.15) is 0 Å². The number of aryl methyl sites for hydroxylation is 1. The molecule has 1 saturated carbocycles. The van der Waals surface area contributed by atoms with Crippen LogP contribution in [-0.4, -0.2) is 18.1 Å². The zero-order valence-corrected chi connectivity index (χ0v) is 12.0. The summed E-state index contributed by atoms with van der Waals surface area (Å²) < 4.78 is 0. The van der Waals surface area contributed by atoms with Gasteiger partial charge in [0, 0.05) is 24.4 Å². The number of aromatic nitrogens is 1. The van der Waals surface area contributed by atoms with Crippen molar-refractivity contribution in [1.82, 2.24) is 10.3 Å². The summed E-state index contributed by atoms with van der Waals surface area (Å²) >= 11 is 0. The number of rotatable bonds is 5. The molecule has 100 valence electrons. The molecule has 0 radical (unpaired) electrons. The second-order valence-corrected chi connectivity index (χ2v) is 5.92. The first kappa shape index (κ1) is 13.5. The molecule has 18 heavy (non-hydrogen) atoms. The fourth-order valence-electron chi connectivity index (χ4n) is 3.22. The number of hydrogen-bond acceptors (Lipinski definition) is 2. The maximum atomic E-state index is 4.60. The van der Waals surface area contributed by atoms with Crippen LogP contribution < -0.4 is 5.32 Å². The molecule has 2 heteroatoms. The van der Waals surface area contributed by atoms with Gasteiger partial charge in [-0.05, 0) is 43.4 Å². The lowest BCUT2D eigenvalue weighted by Gasteiger charge is -2.34. The molecule has 0 saturated heterocycles. The van der Waals surface area contributed by atoms with Crippen LogP contribution in [0.25, 0.3) is 0 Å². The van der Waals surface area contributed by atoms with Gasteiger partial charge >= 0.3 is 0 Å². The zero-order chi connectivity index (χ0) is 13.0. The van der Waals surface area contributed by atoms with Crippen molar-refractivity contribution in [3.8, 4) is 0 Å². The zero-order valence-electron chi connectivity index (χ0n) is 12.0. The standard InChI is InChI=1S/C16H26N2/c1-4-13-7-8-14(18-12-13)11-15(17-3)16(2)9-5-6-10-16/h7-8,12,15,17H,4-6,9-11H2,1-3H3. The third-order valence-electron chi connectivity index (χ3n) is 4.64. The highest BCUT2D eigenvalue weighted by molar-refractivity contribution is 5.15. The predicted molar refractivity (Wildman–Crippen MR) is 76.7 cm³/mol. The van der Waals surface area contributed by atoms with Crippen molar-refractivity contribution in [3.05, 3.63) is 29.6 Å². The van der Waals surface area contributed by atoms with Gasteiger partial charge in [0.1, 0.15) is 0 Å². The number of nitrogens with one attached hydrogen (secondary N) is 1. The first-order chi connectivity index (χ1) is 8.68. The predicted octanol–water partition coefficient (Wildman–Crippen LogP) is 3.35. The van der Waals surface area contributed by atoms with Crippen LogP contribution in [0, 0.1) is 5.41 Å². The Kier molecular flexibility index (Phi) is 4.39. The Balaban J connectivity index is 2.05. The molecule has 1 aromatic rings. The van der Waals surface area contributed by atoms with Gasteiger partial charge in [0.2, 0.25) is 0 Å². The number of nitrogens with zero attached hydrogens (tertiary/aromatic N) is 1. The van der Waals surface area contributed by atoms with Crippen LogP contribution in [0.1, 0.15) is 50.8 Å². The van der Waals surface area contributed by atoms with E-state index >= 15 is 0 Å². The monoisotopic (exact) mass is 246 g/mol. The average molecular weight is 246 g/mol. The Morgan fingerprint density at radius 1 is 1.33 bits per heavy atom. The van der Waals surface area contributed by atoms with Gasteiger partial charge in [0.15, 0.2) is 0 Å². The van der Waals surface area contributed by atoms with Crippen molar-refractivity contribution < 1.29 is 0 Å². The van der Waals surface area contributed by atoms with E-state index in [-0.39, 0.29) is 0 Å². The Hall–Kier alpha value is -0.890. The second kappa shape index (κ2) is 5.83. The molecule has 1 aliphatic carbocycles. The number of likely N-dealkylation sites (N-methyl/N-ethyl adjacent to an activating group) is 1. The van der Waals surface area contributed by atoms with Crippen molar-refractivity contribution in [1.29, 1.82) is 0 Å². The SMILES string of the molecule is CCc1ccc(CC(NC)C2(C)CCCC2)nc1. The van der Waals surface area contributed by atoms with Crippen molar-refractivity contribution in [2.75, 3.05) is 7.05 Å². The quantitative estimate of drug-likeness (QED) is 0.861. The van der Waals surface area contributed by atoms with Crippen LogP contribution in [0.2, 0.25) is 0 Å². The summed E-state index contributed by atoms with van der Waals surface area (Å²) in [6.07, 6.45) is 9.63. The molecule has 0 aromatic carbocycles. The summed E-state index contributed by atoms with van der Waals surface area (Å²) in [5, 5.41) is 3.52. The third-order valence-corrected chi connectivity index (χ3v) is 4.64. The molecule has 0 amide bonds. The van der Waals surface area contributed by atoms with Gasteiger partial charge in [-0.25, -0.2) is 0 Å². The largest absolute Gasteiger partial charge is 0.316 e. The highest BCUT2D eigenvalue weighted by Crippen LogP contribution is 2.41. The summed E-state index contributed by atoms with van der Waals surface area (Å²) in [6, 6.07) is 4.97. The summed E-state index contributed by atoms with van der Waals surface area (Å²) in [5.41, 5.74) is 3.01. The van der Waals surface area contributed by atoms with Gasteiger partial charge in [0.25, 0.3) is 0 Å². The number of hydrogen-bond donors (Lipinski definition) is 1. The van der Waals surface area contributed by atoms with E-state index < -0.39 is 0 Å². The molecule has 1 atom stereocenters.